The summed E-state index contributed by atoms with van der Waals surface area (Å²) in [7, 11) is 3.57. The third kappa shape index (κ3) is 2.66. The van der Waals surface area contributed by atoms with Crippen LogP contribution < -0.4 is 4.90 Å². The van der Waals surface area contributed by atoms with Crippen molar-refractivity contribution in [2.45, 2.75) is 25.8 Å². The Bertz CT molecular complexity index is 663. The smallest absolute Gasteiger partial charge is 0.244 e. The summed E-state index contributed by atoms with van der Waals surface area (Å²) in [5, 5.41) is 12.8. The Morgan fingerprint density at radius 1 is 1.23 bits per heavy atom. The number of nitrogens with zero attached hydrogens (tertiary/aromatic N) is 6. The molecule has 0 aliphatic carbocycles. The quantitative estimate of drug-likeness (QED) is 0.847. The minimum atomic E-state index is -0.137. The molecule has 1 amide bonds. The maximum absolute atomic E-state index is 12.2. The van der Waals surface area contributed by atoms with Gasteiger partial charge in [0, 0.05) is 26.8 Å². The van der Waals surface area contributed by atoms with Gasteiger partial charge >= 0.3 is 0 Å². The van der Waals surface area contributed by atoms with E-state index in [0.29, 0.717) is 5.82 Å². The second-order valence-corrected chi connectivity index (χ2v) is 5.74. The largest absolute Gasteiger partial charge is 0.347 e. The van der Waals surface area contributed by atoms with Crippen molar-refractivity contribution in [1.82, 2.24) is 24.9 Å². The van der Waals surface area contributed by atoms with Gasteiger partial charge in [0.05, 0.1) is 5.69 Å². The molecule has 3 rings (SSSR count). The molecule has 116 valence electrons. The fourth-order valence-electron chi connectivity index (χ4n) is 2.73. The van der Waals surface area contributed by atoms with E-state index in [1.807, 2.05) is 36.2 Å². The second kappa shape index (κ2) is 5.75. The lowest BCUT2D eigenvalue weighted by molar-refractivity contribution is -0.129. The van der Waals surface area contributed by atoms with Crippen LogP contribution in [0.25, 0.3) is 5.82 Å². The lowest BCUT2D eigenvalue weighted by Gasteiger charge is -2.26. The summed E-state index contributed by atoms with van der Waals surface area (Å²) in [5.74, 6) is 1.53. The Labute approximate surface area is 129 Å². The average Bonchev–Trinajstić information content (AvgIpc) is 3.15. The molecule has 0 unspecified atom stereocenters. The first-order valence-corrected chi connectivity index (χ1v) is 7.40. The van der Waals surface area contributed by atoms with Crippen LogP contribution in [-0.4, -0.2) is 57.5 Å². The van der Waals surface area contributed by atoms with Crippen LogP contribution in [0.3, 0.4) is 0 Å². The number of carbonyl (C=O) groups is 1. The fraction of sp³-hybridized carbons (Fsp3) is 0.467. The van der Waals surface area contributed by atoms with Crippen molar-refractivity contribution in [3.63, 3.8) is 0 Å². The minimum absolute atomic E-state index is 0.117. The second-order valence-electron chi connectivity index (χ2n) is 5.74. The van der Waals surface area contributed by atoms with Gasteiger partial charge < -0.3 is 9.80 Å². The zero-order valence-corrected chi connectivity index (χ0v) is 13.1. The van der Waals surface area contributed by atoms with Crippen molar-refractivity contribution >= 4 is 11.7 Å². The molecule has 1 fully saturated rings. The number of anilines is 1. The number of hydrogen-bond donors (Lipinski definition) is 0. The molecule has 0 radical (unpaired) electrons. The molecule has 0 saturated carbocycles. The SMILES string of the molecule is Cc1ccn(-c2ccc(N3CCC[C@H]3C(=O)N(C)C)nn2)n1. The Morgan fingerprint density at radius 2 is 1.95 bits per heavy atom. The highest BCUT2D eigenvalue weighted by Gasteiger charge is 2.32. The molecular weight excluding hydrogens is 280 g/mol. The highest BCUT2D eigenvalue weighted by atomic mass is 16.2. The van der Waals surface area contributed by atoms with E-state index in [1.54, 1.807) is 23.7 Å². The van der Waals surface area contributed by atoms with Crippen molar-refractivity contribution in [2.24, 2.45) is 0 Å². The van der Waals surface area contributed by atoms with Gasteiger partial charge in [-0.25, -0.2) is 4.68 Å². The van der Waals surface area contributed by atoms with Crippen LogP contribution in [-0.2, 0) is 4.79 Å². The number of amides is 1. The summed E-state index contributed by atoms with van der Waals surface area (Å²) in [6, 6.07) is 5.56. The summed E-state index contributed by atoms with van der Waals surface area (Å²) in [6.45, 7) is 2.76. The highest BCUT2D eigenvalue weighted by molar-refractivity contribution is 5.85. The summed E-state index contributed by atoms with van der Waals surface area (Å²) >= 11 is 0. The van der Waals surface area contributed by atoms with Crippen molar-refractivity contribution in [3.8, 4) is 5.82 Å². The number of rotatable bonds is 3. The Balaban J connectivity index is 1.81. The first-order chi connectivity index (χ1) is 10.6. The molecular formula is C15H20N6O. The molecule has 0 aromatic carbocycles. The van der Waals surface area contributed by atoms with Crippen LogP contribution in [0.15, 0.2) is 24.4 Å². The van der Waals surface area contributed by atoms with Gasteiger partial charge in [-0.05, 0) is 38.0 Å². The lowest BCUT2D eigenvalue weighted by atomic mass is 10.2. The summed E-state index contributed by atoms with van der Waals surface area (Å²) in [5.41, 5.74) is 0.932. The summed E-state index contributed by atoms with van der Waals surface area (Å²) in [4.78, 5) is 15.9. The van der Waals surface area contributed by atoms with Crippen LogP contribution in [0.5, 0.6) is 0 Å². The van der Waals surface area contributed by atoms with E-state index in [-0.39, 0.29) is 11.9 Å². The van der Waals surface area contributed by atoms with E-state index in [9.17, 15) is 4.79 Å². The molecule has 1 aliphatic rings. The third-order valence-corrected chi connectivity index (χ3v) is 3.87. The van der Waals surface area contributed by atoms with Crippen molar-refractivity contribution < 1.29 is 4.79 Å². The minimum Gasteiger partial charge on any atom is -0.347 e. The normalized spacial score (nSPS) is 17.8. The third-order valence-electron chi connectivity index (χ3n) is 3.87. The van der Waals surface area contributed by atoms with Crippen LogP contribution in [0.2, 0.25) is 0 Å². The number of hydrogen-bond acceptors (Lipinski definition) is 5. The van der Waals surface area contributed by atoms with Gasteiger partial charge in [-0.15, -0.1) is 10.2 Å². The Hall–Kier alpha value is -2.44. The molecule has 0 spiro atoms. The van der Waals surface area contributed by atoms with Crippen LogP contribution >= 0.6 is 0 Å². The van der Waals surface area contributed by atoms with E-state index in [1.165, 1.54) is 0 Å². The topological polar surface area (TPSA) is 67.2 Å². The van der Waals surface area contributed by atoms with E-state index >= 15 is 0 Å². The predicted molar refractivity (Wildman–Crippen MR) is 83.0 cm³/mol. The number of aromatic nitrogens is 4. The van der Waals surface area contributed by atoms with Gasteiger partial charge in [0.15, 0.2) is 11.6 Å². The highest BCUT2D eigenvalue weighted by Crippen LogP contribution is 2.24. The maximum Gasteiger partial charge on any atom is 0.244 e. The van der Waals surface area contributed by atoms with Crippen LogP contribution in [0, 0.1) is 6.92 Å². The maximum atomic E-state index is 12.2. The molecule has 2 aromatic rings. The van der Waals surface area contributed by atoms with Gasteiger partial charge in [0.2, 0.25) is 5.91 Å². The molecule has 0 N–H and O–H groups in total. The molecule has 1 saturated heterocycles. The Morgan fingerprint density at radius 3 is 2.55 bits per heavy atom. The van der Waals surface area contributed by atoms with E-state index in [4.69, 9.17) is 0 Å². The van der Waals surface area contributed by atoms with E-state index < -0.39 is 0 Å². The zero-order chi connectivity index (χ0) is 15.7. The van der Waals surface area contributed by atoms with Crippen molar-refractivity contribution in [1.29, 1.82) is 0 Å². The average molecular weight is 300 g/mol. The molecule has 1 aliphatic heterocycles. The Kier molecular flexibility index (Phi) is 3.79. The lowest BCUT2D eigenvalue weighted by Crippen LogP contribution is -2.43. The number of likely N-dealkylation sites (N-methyl/N-ethyl adjacent to an activating group) is 1. The van der Waals surface area contributed by atoms with Gasteiger partial charge in [-0.3, -0.25) is 4.79 Å². The monoisotopic (exact) mass is 300 g/mol. The van der Waals surface area contributed by atoms with Gasteiger partial charge in [0.1, 0.15) is 6.04 Å². The molecule has 1 atom stereocenters. The standard InChI is InChI=1S/C15H20N6O/c1-11-8-10-21(18-11)14-7-6-13(16-17-14)20-9-4-5-12(20)15(22)19(2)3/h6-8,10,12H,4-5,9H2,1-3H3/t12-/m0/s1. The predicted octanol–water partition coefficient (Wildman–Crippen LogP) is 1.03. The van der Waals surface area contributed by atoms with Crippen LogP contribution in [0.1, 0.15) is 18.5 Å². The molecule has 2 aromatic heterocycles. The number of carbonyl (C=O) groups excluding carboxylic acids is 1. The summed E-state index contributed by atoms with van der Waals surface area (Å²) in [6.07, 6.45) is 3.71. The van der Waals surface area contributed by atoms with E-state index in [2.05, 4.69) is 15.3 Å². The van der Waals surface area contributed by atoms with Crippen molar-refractivity contribution in [3.05, 3.63) is 30.1 Å². The molecule has 22 heavy (non-hydrogen) atoms. The van der Waals surface area contributed by atoms with E-state index in [0.717, 1.165) is 30.9 Å². The van der Waals surface area contributed by atoms with Gasteiger partial charge in [-0.2, -0.15) is 5.10 Å². The fourth-order valence-corrected chi connectivity index (χ4v) is 2.73. The molecule has 3 heterocycles. The van der Waals surface area contributed by atoms with Gasteiger partial charge in [-0.1, -0.05) is 0 Å². The zero-order valence-electron chi connectivity index (χ0n) is 13.1. The molecule has 0 bridgehead atoms. The number of aryl methyl sites for hydroxylation is 1. The van der Waals surface area contributed by atoms with Crippen LogP contribution in [0.4, 0.5) is 5.82 Å². The van der Waals surface area contributed by atoms with Gasteiger partial charge in [0.25, 0.3) is 0 Å². The first-order valence-electron chi connectivity index (χ1n) is 7.40. The molecule has 7 heteroatoms. The molecule has 7 nitrogen and oxygen atoms in total. The first kappa shape index (κ1) is 14.5. The van der Waals surface area contributed by atoms with Crippen molar-refractivity contribution in [2.75, 3.05) is 25.5 Å². The summed E-state index contributed by atoms with van der Waals surface area (Å²) < 4.78 is 1.69.